The van der Waals surface area contributed by atoms with Gasteiger partial charge in [0.05, 0.1) is 12.4 Å². The molecule has 0 spiro atoms. The van der Waals surface area contributed by atoms with Gasteiger partial charge in [-0.3, -0.25) is 9.59 Å². The molecule has 1 aliphatic rings. The highest BCUT2D eigenvalue weighted by molar-refractivity contribution is 5.92. The molecule has 2 aromatic rings. The minimum absolute atomic E-state index is 0.106. The van der Waals surface area contributed by atoms with Crippen molar-refractivity contribution >= 4 is 5.91 Å². The van der Waals surface area contributed by atoms with Gasteiger partial charge in [-0.2, -0.15) is 5.10 Å². The van der Waals surface area contributed by atoms with Gasteiger partial charge in [-0.25, -0.2) is 9.67 Å². The summed E-state index contributed by atoms with van der Waals surface area (Å²) < 4.78 is 3.45. The number of carbonyl (C=O) groups is 1. The van der Waals surface area contributed by atoms with E-state index in [2.05, 4.69) is 21.6 Å². The third-order valence-corrected chi connectivity index (χ3v) is 4.44. The lowest BCUT2D eigenvalue weighted by Gasteiger charge is -2.33. The van der Waals surface area contributed by atoms with Gasteiger partial charge in [-0.05, 0) is 25.3 Å². The monoisotopic (exact) mass is 329 g/mol. The van der Waals surface area contributed by atoms with Crippen molar-refractivity contribution in [2.75, 3.05) is 13.1 Å². The van der Waals surface area contributed by atoms with Crippen molar-refractivity contribution in [3.63, 3.8) is 0 Å². The van der Waals surface area contributed by atoms with Crippen LogP contribution in [0.4, 0.5) is 0 Å². The second-order valence-electron chi connectivity index (χ2n) is 6.19. The van der Waals surface area contributed by atoms with Gasteiger partial charge in [-0.15, -0.1) is 0 Å². The molecule has 3 rings (SSSR count). The Morgan fingerprint density at radius 2 is 2.25 bits per heavy atom. The van der Waals surface area contributed by atoms with E-state index in [9.17, 15) is 9.59 Å². The van der Waals surface area contributed by atoms with Crippen molar-refractivity contribution in [2.24, 2.45) is 0 Å². The molecule has 1 unspecified atom stereocenters. The van der Waals surface area contributed by atoms with Crippen molar-refractivity contribution in [1.29, 1.82) is 0 Å². The number of unbranched alkanes of at least 4 members (excludes halogenated alkanes) is 1. The Hall–Kier alpha value is -2.44. The van der Waals surface area contributed by atoms with Crippen LogP contribution in [-0.4, -0.2) is 43.2 Å². The van der Waals surface area contributed by atoms with E-state index in [1.165, 1.54) is 16.8 Å². The van der Waals surface area contributed by atoms with Crippen LogP contribution < -0.4 is 5.56 Å². The molecule has 128 valence electrons. The van der Waals surface area contributed by atoms with E-state index in [-0.39, 0.29) is 17.5 Å². The van der Waals surface area contributed by atoms with E-state index in [1.54, 1.807) is 12.5 Å². The van der Waals surface area contributed by atoms with Gasteiger partial charge in [0.15, 0.2) is 0 Å². The predicted octanol–water partition coefficient (Wildman–Crippen LogP) is 1.72. The molecule has 2 aromatic heterocycles. The minimum Gasteiger partial charge on any atom is -0.335 e. The summed E-state index contributed by atoms with van der Waals surface area (Å²) in [5.74, 6) is -0.106. The van der Waals surface area contributed by atoms with Gasteiger partial charge in [0.1, 0.15) is 5.69 Å². The van der Waals surface area contributed by atoms with Crippen molar-refractivity contribution < 1.29 is 4.79 Å². The molecular weight excluding hydrogens is 306 g/mol. The summed E-state index contributed by atoms with van der Waals surface area (Å²) >= 11 is 0. The van der Waals surface area contributed by atoms with Gasteiger partial charge >= 0.3 is 0 Å². The second-order valence-corrected chi connectivity index (χ2v) is 6.19. The summed E-state index contributed by atoms with van der Waals surface area (Å²) in [6, 6.07) is 3.22. The zero-order chi connectivity index (χ0) is 16.9. The Bertz CT molecular complexity index is 738. The molecule has 0 bridgehead atoms. The smallest absolute Gasteiger partial charge is 0.274 e. The number of rotatable bonds is 5. The molecule has 24 heavy (non-hydrogen) atoms. The van der Waals surface area contributed by atoms with Crippen molar-refractivity contribution in [2.45, 2.75) is 45.2 Å². The summed E-state index contributed by atoms with van der Waals surface area (Å²) in [5.41, 5.74) is 0.187. The second kappa shape index (κ2) is 7.42. The Morgan fingerprint density at radius 3 is 3.00 bits per heavy atom. The number of hydrogen-bond acceptors (Lipinski definition) is 4. The third kappa shape index (κ3) is 3.55. The lowest BCUT2D eigenvalue weighted by atomic mass is 10.1. The Morgan fingerprint density at radius 1 is 1.38 bits per heavy atom. The van der Waals surface area contributed by atoms with E-state index >= 15 is 0 Å². The SMILES string of the molecule is CCCCn1nc(C(=O)N2CCCC(n3ccnc3)C2)ccc1=O. The summed E-state index contributed by atoms with van der Waals surface area (Å²) in [6.07, 6.45) is 9.31. The minimum atomic E-state index is -0.157. The molecule has 0 aliphatic carbocycles. The number of aromatic nitrogens is 4. The lowest BCUT2D eigenvalue weighted by Crippen LogP contribution is -2.41. The maximum Gasteiger partial charge on any atom is 0.274 e. The largest absolute Gasteiger partial charge is 0.335 e. The molecule has 1 amide bonds. The van der Waals surface area contributed by atoms with Crippen LogP contribution in [0.5, 0.6) is 0 Å². The fourth-order valence-electron chi connectivity index (χ4n) is 3.06. The van der Waals surface area contributed by atoms with Crippen LogP contribution in [0.3, 0.4) is 0 Å². The summed E-state index contributed by atoms with van der Waals surface area (Å²) in [6.45, 7) is 3.98. The third-order valence-electron chi connectivity index (χ3n) is 4.44. The van der Waals surface area contributed by atoms with Crippen LogP contribution in [0.2, 0.25) is 0 Å². The molecule has 0 saturated carbocycles. The molecule has 1 atom stereocenters. The summed E-state index contributed by atoms with van der Waals surface area (Å²) in [4.78, 5) is 30.5. The number of imidazole rings is 1. The Labute approximate surface area is 140 Å². The molecule has 1 saturated heterocycles. The standard InChI is InChI=1S/C17H23N5O2/c1-2-3-10-22-16(23)7-6-15(19-22)17(24)20-9-4-5-14(12-20)21-11-8-18-13-21/h6-8,11,13-14H,2-5,9-10,12H2,1H3. The molecule has 1 aliphatic heterocycles. The molecule has 0 radical (unpaired) electrons. The molecule has 3 heterocycles. The van der Waals surface area contributed by atoms with E-state index in [0.29, 0.717) is 18.8 Å². The quantitative estimate of drug-likeness (QED) is 0.837. The fourth-order valence-corrected chi connectivity index (χ4v) is 3.06. The number of piperidine rings is 1. The van der Waals surface area contributed by atoms with E-state index < -0.39 is 0 Å². The van der Waals surface area contributed by atoms with E-state index in [0.717, 1.165) is 32.2 Å². The lowest BCUT2D eigenvalue weighted by molar-refractivity contribution is 0.0670. The Balaban J connectivity index is 1.74. The highest BCUT2D eigenvalue weighted by atomic mass is 16.2. The molecular formula is C17H23N5O2. The number of nitrogens with zero attached hydrogens (tertiary/aromatic N) is 5. The molecule has 1 fully saturated rings. The van der Waals surface area contributed by atoms with Crippen molar-refractivity contribution in [3.05, 3.63) is 46.9 Å². The zero-order valence-electron chi connectivity index (χ0n) is 14.0. The predicted molar refractivity (Wildman–Crippen MR) is 89.8 cm³/mol. The maximum atomic E-state index is 12.8. The van der Waals surface area contributed by atoms with Crippen LogP contribution in [0.25, 0.3) is 0 Å². The highest BCUT2D eigenvalue weighted by Gasteiger charge is 2.26. The number of aryl methyl sites for hydroxylation is 1. The summed E-state index contributed by atoms with van der Waals surface area (Å²) in [7, 11) is 0. The topological polar surface area (TPSA) is 73.0 Å². The number of hydrogen-bond donors (Lipinski definition) is 0. The van der Waals surface area contributed by atoms with E-state index in [4.69, 9.17) is 0 Å². The molecule has 7 heteroatoms. The highest BCUT2D eigenvalue weighted by Crippen LogP contribution is 2.22. The molecule has 7 nitrogen and oxygen atoms in total. The Kier molecular flexibility index (Phi) is 5.08. The normalized spacial score (nSPS) is 17.9. The first-order valence-electron chi connectivity index (χ1n) is 8.54. The number of amides is 1. The first-order valence-corrected chi connectivity index (χ1v) is 8.54. The zero-order valence-corrected chi connectivity index (χ0v) is 14.0. The first-order chi connectivity index (χ1) is 11.7. The average Bonchev–Trinajstić information content (AvgIpc) is 3.15. The van der Waals surface area contributed by atoms with Crippen molar-refractivity contribution in [1.82, 2.24) is 24.2 Å². The summed E-state index contributed by atoms with van der Waals surface area (Å²) in [5, 5.41) is 4.27. The van der Waals surface area contributed by atoms with E-state index in [1.807, 2.05) is 11.1 Å². The van der Waals surface area contributed by atoms with Crippen LogP contribution in [0, 0.1) is 0 Å². The van der Waals surface area contributed by atoms with Gasteiger partial charge in [0, 0.05) is 38.1 Å². The number of carbonyl (C=O) groups excluding carboxylic acids is 1. The molecule has 0 aromatic carbocycles. The first kappa shape index (κ1) is 16.4. The van der Waals surface area contributed by atoms with Gasteiger partial charge < -0.3 is 9.47 Å². The number of likely N-dealkylation sites (tertiary alicyclic amines) is 1. The van der Waals surface area contributed by atoms with Crippen LogP contribution in [0.1, 0.15) is 49.1 Å². The van der Waals surface area contributed by atoms with Gasteiger partial charge in [0.2, 0.25) is 0 Å². The maximum absolute atomic E-state index is 12.8. The van der Waals surface area contributed by atoms with Crippen molar-refractivity contribution in [3.8, 4) is 0 Å². The molecule has 0 N–H and O–H groups in total. The average molecular weight is 329 g/mol. The van der Waals surface area contributed by atoms with Crippen LogP contribution in [0.15, 0.2) is 35.6 Å². The fraction of sp³-hybridized carbons (Fsp3) is 0.529. The van der Waals surface area contributed by atoms with Gasteiger partial charge in [-0.1, -0.05) is 13.3 Å². The van der Waals surface area contributed by atoms with Crippen LogP contribution in [-0.2, 0) is 6.54 Å². The van der Waals surface area contributed by atoms with Gasteiger partial charge in [0.25, 0.3) is 11.5 Å². The van der Waals surface area contributed by atoms with Crippen LogP contribution >= 0.6 is 0 Å².